The molecule has 8 heteroatoms. The number of thioether (sulfide) groups is 1. The highest BCUT2D eigenvalue weighted by Gasteiger charge is 2.07. The molecule has 0 aliphatic heterocycles. The molecule has 0 bridgehead atoms. The van der Waals surface area contributed by atoms with Gasteiger partial charge in [0.1, 0.15) is 0 Å². The van der Waals surface area contributed by atoms with Gasteiger partial charge in [0.05, 0.1) is 22.2 Å². The van der Waals surface area contributed by atoms with Crippen LogP contribution in [0.1, 0.15) is 5.56 Å². The Balaban J connectivity index is 1.25. The number of carbonyl (C=O) groups excluding carboxylic acids is 1. The second kappa shape index (κ2) is 10.1. The Morgan fingerprint density at radius 1 is 1.03 bits per heavy atom. The van der Waals surface area contributed by atoms with Crippen LogP contribution in [0.3, 0.4) is 0 Å². The summed E-state index contributed by atoms with van der Waals surface area (Å²) in [6, 6.07) is 23.6. The van der Waals surface area contributed by atoms with Crippen molar-refractivity contribution in [2.45, 2.75) is 14.1 Å². The van der Waals surface area contributed by atoms with E-state index in [2.05, 4.69) is 15.5 Å². The Hall–Kier alpha value is -2.32. The molecule has 0 saturated heterocycles. The first-order chi connectivity index (χ1) is 14.7. The average molecular weight is 470 g/mol. The molecule has 4 aromatic rings. The first-order valence-corrected chi connectivity index (χ1v) is 12.0. The zero-order chi connectivity index (χ0) is 20.8. The summed E-state index contributed by atoms with van der Waals surface area (Å²) in [7, 11) is 0. The zero-order valence-corrected chi connectivity index (χ0v) is 18.8. The summed E-state index contributed by atoms with van der Waals surface area (Å²) in [6.07, 6.45) is 1.64. The number of aromatic nitrogens is 1. The van der Waals surface area contributed by atoms with E-state index < -0.39 is 0 Å². The number of nitrogens with zero attached hydrogens (tertiary/aromatic N) is 2. The van der Waals surface area contributed by atoms with Crippen LogP contribution < -0.4 is 5.43 Å². The van der Waals surface area contributed by atoms with Gasteiger partial charge in [-0.05, 0) is 54.1 Å². The molecule has 0 fully saturated rings. The summed E-state index contributed by atoms with van der Waals surface area (Å²) in [5.41, 5.74) is 4.43. The Kier molecular flexibility index (Phi) is 7.07. The molecule has 4 rings (SSSR count). The molecule has 0 spiro atoms. The standard InChI is InChI=1S/C22H16ClN3OS3/c23-16-7-11-18(12-8-16)29-17-9-5-15(6-10-17)13-24-26-21(27)14-28-22-25-19-3-1-2-4-20(19)30-22/h1-13H,14H2,(H,26,27)/b24-13+. The van der Waals surface area contributed by atoms with Gasteiger partial charge in [0.25, 0.3) is 5.91 Å². The van der Waals surface area contributed by atoms with Crippen LogP contribution in [0.15, 0.2) is 92.0 Å². The molecule has 1 N–H and O–H groups in total. The second-order valence-corrected chi connectivity index (χ2v) is 9.99. The van der Waals surface area contributed by atoms with Gasteiger partial charge in [0, 0.05) is 14.8 Å². The van der Waals surface area contributed by atoms with E-state index in [9.17, 15) is 4.79 Å². The number of nitrogens with one attached hydrogen (secondary N) is 1. The van der Waals surface area contributed by atoms with E-state index in [4.69, 9.17) is 11.6 Å². The predicted octanol–water partition coefficient (Wildman–Crippen LogP) is 6.34. The minimum atomic E-state index is -0.162. The maximum absolute atomic E-state index is 12.0. The van der Waals surface area contributed by atoms with E-state index in [1.54, 1.807) is 29.3 Å². The highest BCUT2D eigenvalue weighted by atomic mass is 35.5. The summed E-state index contributed by atoms with van der Waals surface area (Å²) in [5.74, 6) is 0.110. The van der Waals surface area contributed by atoms with Gasteiger partial charge >= 0.3 is 0 Å². The van der Waals surface area contributed by atoms with Gasteiger partial charge < -0.3 is 0 Å². The van der Waals surface area contributed by atoms with E-state index in [-0.39, 0.29) is 11.7 Å². The van der Waals surface area contributed by atoms with Crippen LogP contribution in [0.5, 0.6) is 0 Å². The third-order valence-electron chi connectivity index (χ3n) is 3.93. The molecule has 0 saturated carbocycles. The molecule has 150 valence electrons. The molecule has 1 heterocycles. The van der Waals surface area contributed by atoms with Gasteiger partial charge in [0.2, 0.25) is 0 Å². The van der Waals surface area contributed by atoms with E-state index in [0.29, 0.717) is 0 Å². The summed E-state index contributed by atoms with van der Waals surface area (Å²) < 4.78 is 2.00. The van der Waals surface area contributed by atoms with E-state index in [1.165, 1.54) is 11.8 Å². The van der Waals surface area contributed by atoms with Crippen molar-refractivity contribution in [1.82, 2.24) is 10.4 Å². The van der Waals surface area contributed by atoms with Crippen molar-refractivity contribution < 1.29 is 4.79 Å². The fourth-order valence-corrected chi connectivity index (χ4v) is 5.32. The number of para-hydroxylation sites is 1. The van der Waals surface area contributed by atoms with Gasteiger partial charge in [-0.3, -0.25) is 4.79 Å². The number of benzene rings is 3. The molecular formula is C22H16ClN3OS3. The smallest absolute Gasteiger partial charge is 0.250 e. The zero-order valence-electron chi connectivity index (χ0n) is 15.6. The topological polar surface area (TPSA) is 54.4 Å². The lowest BCUT2D eigenvalue weighted by Crippen LogP contribution is -2.19. The highest BCUT2D eigenvalue weighted by Crippen LogP contribution is 2.29. The number of hydrazone groups is 1. The number of hydrogen-bond donors (Lipinski definition) is 1. The van der Waals surface area contributed by atoms with Gasteiger partial charge in [-0.1, -0.05) is 59.4 Å². The molecule has 1 amide bonds. The fourth-order valence-electron chi connectivity index (χ4n) is 2.51. The van der Waals surface area contributed by atoms with Crippen molar-refractivity contribution in [2.24, 2.45) is 5.10 Å². The quantitative estimate of drug-likeness (QED) is 0.195. The third kappa shape index (κ3) is 5.86. The monoisotopic (exact) mass is 469 g/mol. The maximum atomic E-state index is 12.0. The number of thiazole rings is 1. The minimum absolute atomic E-state index is 0.162. The number of amides is 1. The Morgan fingerprint density at radius 2 is 1.73 bits per heavy atom. The second-order valence-electron chi connectivity index (χ2n) is 6.15. The van der Waals surface area contributed by atoms with Crippen LogP contribution in [-0.2, 0) is 4.79 Å². The van der Waals surface area contributed by atoms with Crippen LogP contribution in [0, 0.1) is 0 Å². The molecule has 0 unspecified atom stereocenters. The van der Waals surface area contributed by atoms with Crippen molar-refractivity contribution in [3.63, 3.8) is 0 Å². The number of fused-ring (bicyclic) bond motifs is 1. The van der Waals surface area contributed by atoms with Crippen molar-refractivity contribution in [3.8, 4) is 0 Å². The lowest BCUT2D eigenvalue weighted by molar-refractivity contribution is -0.118. The predicted molar refractivity (Wildman–Crippen MR) is 128 cm³/mol. The minimum Gasteiger partial charge on any atom is -0.272 e. The van der Waals surface area contributed by atoms with Crippen molar-refractivity contribution in [2.75, 3.05) is 5.75 Å². The van der Waals surface area contributed by atoms with Crippen LogP contribution in [0.25, 0.3) is 10.2 Å². The molecular weight excluding hydrogens is 454 g/mol. The molecule has 30 heavy (non-hydrogen) atoms. The largest absolute Gasteiger partial charge is 0.272 e. The lowest BCUT2D eigenvalue weighted by atomic mass is 10.2. The molecule has 0 atom stereocenters. The first-order valence-electron chi connectivity index (χ1n) is 8.99. The summed E-state index contributed by atoms with van der Waals surface area (Å²) >= 11 is 10.6. The van der Waals surface area contributed by atoms with Crippen LogP contribution in [0.4, 0.5) is 0 Å². The van der Waals surface area contributed by atoms with E-state index >= 15 is 0 Å². The molecule has 3 aromatic carbocycles. The van der Waals surface area contributed by atoms with Crippen LogP contribution >= 0.6 is 46.5 Å². The summed E-state index contributed by atoms with van der Waals surface area (Å²) in [4.78, 5) is 18.8. The maximum Gasteiger partial charge on any atom is 0.250 e. The van der Waals surface area contributed by atoms with Gasteiger partial charge in [-0.25, -0.2) is 10.4 Å². The number of halogens is 1. The van der Waals surface area contributed by atoms with Crippen molar-refractivity contribution in [1.29, 1.82) is 0 Å². The SMILES string of the molecule is O=C(CSc1nc2ccccc2s1)N/N=C/c1ccc(Sc2ccc(Cl)cc2)cc1. The number of hydrogen-bond acceptors (Lipinski definition) is 6. The summed E-state index contributed by atoms with van der Waals surface area (Å²) in [5, 5.41) is 4.77. The Morgan fingerprint density at radius 3 is 2.47 bits per heavy atom. The molecule has 0 radical (unpaired) electrons. The van der Waals surface area contributed by atoms with Crippen molar-refractivity contribution >= 4 is 68.8 Å². The lowest BCUT2D eigenvalue weighted by Gasteiger charge is -2.02. The van der Waals surface area contributed by atoms with Crippen LogP contribution in [0.2, 0.25) is 5.02 Å². The highest BCUT2D eigenvalue weighted by molar-refractivity contribution is 8.01. The first kappa shape index (κ1) is 20.9. The van der Waals surface area contributed by atoms with Crippen molar-refractivity contribution in [3.05, 3.63) is 83.4 Å². The van der Waals surface area contributed by atoms with Gasteiger partial charge in [0.15, 0.2) is 4.34 Å². The van der Waals surface area contributed by atoms with Crippen LogP contribution in [-0.4, -0.2) is 22.9 Å². The normalized spacial score (nSPS) is 11.2. The number of carbonyl (C=O) groups is 1. The van der Waals surface area contributed by atoms with E-state index in [0.717, 1.165) is 34.9 Å². The fraction of sp³-hybridized carbons (Fsp3) is 0.0455. The molecule has 0 aliphatic rings. The summed E-state index contributed by atoms with van der Waals surface area (Å²) in [6.45, 7) is 0. The Bertz CT molecular complexity index is 1140. The van der Waals surface area contributed by atoms with E-state index in [1.807, 2.05) is 72.8 Å². The van der Waals surface area contributed by atoms with Gasteiger partial charge in [-0.2, -0.15) is 5.10 Å². The number of rotatable bonds is 7. The molecule has 4 nitrogen and oxygen atoms in total. The van der Waals surface area contributed by atoms with Gasteiger partial charge in [-0.15, -0.1) is 11.3 Å². The average Bonchev–Trinajstić information content (AvgIpc) is 3.18. The molecule has 1 aromatic heterocycles. The third-order valence-corrected chi connectivity index (χ3v) is 7.38. The molecule has 0 aliphatic carbocycles. The Labute approximate surface area is 191 Å².